The second-order valence-corrected chi connectivity index (χ2v) is 13.2. The van der Waals surface area contributed by atoms with Gasteiger partial charge in [-0.1, -0.05) is 24.6 Å². The van der Waals surface area contributed by atoms with Gasteiger partial charge >= 0.3 is 18.1 Å². The van der Waals surface area contributed by atoms with Gasteiger partial charge in [-0.2, -0.15) is 15.5 Å². The summed E-state index contributed by atoms with van der Waals surface area (Å²) in [6, 6.07) is 11.9. The van der Waals surface area contributed by atoms with Crippen LogP contribution < -0.4 is 10.6 Å². The number of likely N-dealkylation sites (tertiary alicyclic amines) is 1. The molecule has 1 aliphatic rings. The molecule has 0 spiro atoms. The number of rotatable bonds is 13. The largest absolute Gasteiger partial charge is 0.507 e. The molecule has 3 amide bonds. The second kappa shape index (κ2) is 18.0. The van der Waals surface area contributed by atoms with Crippen molar-refractivity contribution in [2.24, 2.45) is 22.1 Å². The number of nitriles is 1. The van der Waals surface area contributed by atoms with Gasteiger partial charge in [-0.3, -0.25) is 9.36 Å². The van der Waals surface area contributed by atoms with Gasteiger partial charge in [0.2, 0.25) is 5.91 Å². The van der Waals surface area contributed by atoms with E-state index in [0.717, 1.165) is 6.42 Å². The lowest BCUT2D eigenvalue weighted by atomic mass is 9.87. The molecule has 0 radical (unpaired) electrons. The number of anilines is 1. The highest BCUT2D eigenvalue weighted by Gasteiger charge is 2.29. The molecule has 0 bridgehead atoms. The molecule has 4 aromatic rings. The van der Waals surface area contributed by atoms with Crippen molar-refractivity contribution in [2.45, 2.75) is 32.8 Å². The molecular formula is C36H39ClN10O7. The van der Waals surface area contributed by atoms with Crippen LogP contribution in [0.1, 0.15) is 42.1 Å². The Bertz CT molecular complexity index is 2100. The Morgan fingerprint density at radius 2 is 1.89 bits per heavy atom. The van der Waals surface area contributed by atoms with E-state index in [-0.39, 0.29) is 59.5 Å². The number of ether oxygens (including phenoxy) is 1. The quantitative estimate of drug-likeness (QED) is 0.0922. The first kappa shape index (κ1) is 38.9. The van der Waals surface area contributed by atoms with E-state index in [9.17, 15) is 24.3 Å². The van der Waals surface area contributed by atoms with Crippen LogP contribution in [0.15, 0.2) is 65.2 Å². The van der Waals surface area contributed by atoms with Gasteiger partial charge in [0.25, 0.3) is 0 Å². The molecule has 2 aromatic heterocycles. The maximum absolute atomic E-state index is 13.3. The average molecular weight is 759 g/mol. The Hall–Kier alpha value is -6.28. The average Bonchev–Trinajstić information content (AvgIpc) is 3.60. The van der Waals surface area contributed by atoms with Crippen molar-refractivity contribution in [3.8, 4) is 11.8 Å². The third-order valence-electron chi connectivity index (χ3n) is 9.07. The first-order valence-electron chi connectivity index (χ1n) is 17.1. The van der Waals surface area contributed by atoms with E-state index >= 15 is 0 Å². The van der Waals surface area contributed by atoms with Gasteiger partial charge < -0.3 is 35.4 Å². The Labute approximate surface area is 315 Å². The molecule has 0 aliphatic carbocycles. The molecule has 2 aromatic carbocycles. The molecule has 2 atom stereocenters. The summed E-state index contributed by atoms with van der Waals surface area (Å²) in [5.41, 5.74) is 1.26. The minimum Gasteiger partial charge on any atom is -0.507 e. The standard InChI is InChI=1S/C36H39ClN10O7/c1-22-9-14-46(31(49)8-11-38)19-24(22)18-40-32-27-10-15-47(33(27)42-21-41-32)36(53)45(2)13-3-12-39-35(52)54-20-23-4-5-26(17-29(23)37)44-43-25-6-7-30(48)28(16-25)34(50)51/h4-7,10,15-17,21-22,24,48H,3,8-9,12-14,18-20H2,1-2H3,(H,39,52)(H,50,51)(H,40,41,42)/t22-,24-/m1/s1. The number of nitrogens with one attached hydrogen (secondary N) is 2. The van der Waals surface area contributed by atoms with Crippen LogP contribution >= 0.6 is 11.6 Å². The molecule has 4 N–H and O–H groups in total. The first-order valence-corrected chi connectivity index (χ1v) is 17.5. The van der Waals surface area contributed by atoms with E-state index in [0.29, 0.717) is 66.6 Å². The molecule has 1 fully saturated rings. The SMILES string of the molecule is C[C@@H]1CCN(C(=O)CC#N)C[C@H]1CNc1ncnc2c1ccn2C(=O)N(C)CCCNC(=O)OCc1ccc(N=Nc2ccc(O)c(C(=O)O)c2)cc1Cl. The molecule has 282 valence electrons. The molecule has 0 unspecified atom stereocenters. The molecule has 17 nitrogen and oxygen atoms in total. The zero-order valence-corrected chi connectivity index (χ0v) is 30.4. The molecule has 3 heterocycles. The first-order chi connectivity index (χ1) is 25.9. The van der Waals surface area contributed by atoms with E-state index in [1.807, 2.05) is 6.07 Å². The summed E-state index contributed by atoms with van der Waals surface area (Å²) >= 11 is 6.34. The Morgan fingerprint density at radius 3 is 2.63 bits per heavy atom. The number of carbonyl (C=O) groups is 4. The zero-order valence-electron chi connectivity index (χ0n) is 29.6. The normalized spacial score (nSPS) is 15.5. The fraction of sp³-hybridized carbons (Fsp3) is 0.361. The molecule has 1 aliphatic heterocycles. The van der Waals surface area contributed by atoms with E-state index < -0.39 is 12.1 Å². The van der Waals surface area contributed by atoms with E-state index in [1.165, 1.54) is 40.1 Å². The van der Waals surface area contributed by atoms with Crippen LogP contribution in [0.4, 0.5) is 26.8 Å². The number of carboxylic acid groups (broad SMARTS) is 1. The lowest BCUT2D eigenvalue weighted by Crippen LogP contribution is -2.45. The fourth-order valence-corrected chi connectivity index (χ4v) is 6.09. The van der Waals surface area contributed by atoms with Crippen LogP contribution in [-0.4, -0.2) is 98.3 Å². The number of carboxylic acids is 1. The summed E-state index contributed by atoms with van der Waals surface area (Å²) in [6.07, 6.45) is 3.53. The third kappa shape index (κ3) is 9.77. The van der Waals surface area contributed by atoms with Crippen molar-refractivity contribution < 1.29 is 34.1 Å². The summed E-state index contributed by atoms with van der Waals surface area (Å²) in [4.78, 5) is 61.1. The van der Waals surface area contributed by atoms with Gasteiger partial charge in [0.05, 0.1) is 22.8 Å². The van der Waals surface area contributed by atoms with Crippen molar-refractivity contribution in [3.05, 3.63) is 71.1 Å². The van der Waals surface area contributed by atoms with Crippen LogP contribution in [0.5, 0.6) is 5.75 Å². The number of aromatic nitrogens is 3. The van der Waals surface area contributed by atoms with Crippen molar-refractivity contribution in [2.75, 3.05) is 45.1 Å². The number of aromatic carboxylic acids is 1. The van der Waals surface area contributed by atoms with Gasteiger partial charge in [0, 0.05) is 56.6 Å². The number of hydrogen-bond acceptors (Lipinski definition) is 12. The molecule has 54 heavy (non-hydrogen) atoms. The van der Waals surface area contributed by atoms with Crippen molar-refractivity contribution in [3.63, 3.8) is 0 Å². The number of piperidine rings is 1. The van der Waals surface area contributed by atoms with Crippen LogP contribution in [-0.2, 0) is 16.1 Å². The second-order valence-electron chi connectivity index (χ2n) is 12.8. The Morgan fingerprint density at radius 1 is 1.13 bits per heavy atom. The van der Waals surface area contributed by atoms with Crippen LogP contribution in [0.3, 0.4) is 0 Å². The summed E-state index contributed by atoms with van der Waals surface area (Å²) in [5, 5.41) is 42.7. The highest BCUT2D eigenvalue weighted by atomic mass is 35.5. The van der Waals surface area contributed by atoms with E-state index in [2.05, 4.69) is 37.8 Å². The molecule has 5 rings (SSSR count). The number of benzene rings is 2. The Balaban J connectivity index is 1.06. The lowest BCUT2D eigenvalue weighted by Gasteiger charge is -2.37. The number of carbonyl (C=O) groups excluding carboxylic acids is 3. The number of phenols is 1. The predicted octanol–water partition coefficient (Wildman–Crippen LogP) is 5.93. The van der Waals surface area contributed by atoms with E-state index in [1.54, 1.807) is 36.3 Å². The summed E-state index contributed by atoms with van der Waals surface area (Å²) in [6.45, 7) is 4.37. The molecule has 1 saturated heterocycles. The zero-order chi connectivity index (χ0) is 38.8. The number of fused-ring (bicyclic) bond motifs is 1. The summed E-state index contributed by atoms with van der Waals surface area (Å²) in [7, 11) is 1.65. The number of amides is 3. The summed E-state index contributed by atoms with van der Waals surface area (Å²) in [5.74, 6) is -0.720. The van der Waals surface area contributed by atoms with Crippen molar-refractivity contribution in [1.29, 1.82) is 5.26 Å². The molecule has 18 heteroatoms. The van der Waals surface area contributed by atoms with Crippen molar-refractivity contribution >= 4 is 63.8 Å². The third-order valence-corrected chi connectivity index (χ3v) is 9.42. The number of azo groups is 1. The monoisotopic (exact) mass is 758 g/mol. The predicted molar refractivity (Wildman–Crippen MR) is 197 cm³/mol. The molecular weight excluding hydrogens is 720 g/mol. The maximum Gasteiger partial charge on any atom is 0.407 e. The van der Waals surface area contributed by atoms with Crippen molar-refractivity contribution in [1.82, 2.24) is 29.7 Å². The molecule has 0 saturated carbocycles. The van der Waals surface area contributed by atoms with Gasteiger partial charge in [0.1, 0.15) is 36.5 Å². The van der Waals surface area contributed by atoms with Gasteiger partial charge in [-0.05, 0) is 61.1 Å². The minimum atomic E-state index is -1.30. The van der Waals surface area contributed by atoms with Crippen LogP contribution in [0.25, 0.3) is 11.0 Å². The van der Waals surface area contributed by atoms with Crippen LogP contribution in [0, 0.1) is 23.2 Å². The maximum atomic E-state index is 13.3. The Kier molecular flexibility index (Phi) is 13.0. The smallest absolute Gasteiger partial charge is 0.407 e. The summed E-state index contributed by atoms with van der Waals surface area (Å²) < 4.78 is 6.72. The van der Waals surface area contributed by atoms with Gasteiger partial charge in [-0.15, -0.1) is 0 Å². The lowest BCUT2D eigenvalue weighted by molar-refractivity contribution is -0.132. The van der Waals surface area contributed by atoms with Crippen LogP contribution in [0.2, 0.25) is 5.02 Å². The van der Waals surface area contributed by atoms with Gasteiger partial charge in [-0.25, -0.2) is 24.4 Å². The van der Waals surface area contributed by atoms with E-state index in [4.69, 9.17) is 26.7 Å². The number of nitrogens with zero attached hydrogens (tertiary/aromatic N) is 8. The number of hydrogen-bond donors (Lipinski definition) is 4. The topological polar surface area (TPSA) is 228 Å². The fourth-order valence-electron chi connectivity index (χ4n) is 5.86. The van der Waals surface area contributed by atoms with Gasteiger partial charge in [0.15, 0.2) is 5.65 Å². The minimum absolute atomic E-state index is 0.111. The number of aromatic hydroxyl groups is 1. The highest BCUT2D eigenvalue weighted by molar-refractivity contribution is 6.31. The highest BCUT2D eigenvalue weighted by Crippen LogP contribution is 2.29. The number of alkyl carbamates (subject to hydrolysis) is 1. The number of halogens is 1.